The minimum atomic E-state index is -0.346. The first kappa shape index (κ1) is 17.8. The van der Waals surface area contributed by atoms with Crippen LogP contribution in [0, 0.1) is 11.3 Å². The fraction of sp³-hybridized carbons (Fsp3) is 0.933. The highest BCUT2D eigenvalue weighted by molar-refractivity contribution is 7.99. The van der Waals surface area contributed by atoms with E-state index < -0.39 is 0 Å². The summed E-state index contributed by atoms with van der Waals surface area (Å²) >= 11 is 2.06. The maximum Gasteiger partial charge on any atom is 0.104 e. The Kier molecular flexibility index (Phi) is 10.6. The molecule has 1 atom stereocenters. The lowest BCUT2D eigenvalue weighted by Gasteiger charge is -2.25. The van der Waals surface area contributed by atoms with Gasteiger partial charge in [-0.2, -0.15) is 17.0 Å². The predicted molar refractivity (Wildman–Crippen MR) is 83.0 cm³/mol. The number of unbranched alkanes of at least 4 members (excludes halogenated alkanes) is 3. The van der Waals surface area contributed by atoms with E-state index in [1.54, 1.807) is 0 Å². The molecule has 18 heavy (non-hydrogen) atoms. The second-order valence-corrected chi connectivity index (χ2v) is 6.74. The second-order valence-electron chi connectivity index (χ2n) is 5.52. The minimum Gasteiger partial charge on any atom is -0.297 e. The van der Waals surface area contributed by atoms with E-state index in [2.05, 4.69) is 43.9 Å². The van der Waals surface area contributed by atoms with Crippen molar-refractivity contribution in [1.82, 2.24) is 5.32 Å². The van der Waals surface area contributed by atoms with Gasteiger partial charge in [-0.15, -0.1) is 0 Å². The molecular weight excluding hydrogens is 240 g/mol. The van der Waals surface area contributed by atoms with E-state index >= 15 is 0 Å². The van der Waals surface area contributed by atoms with E-state index in [4.69, 9.17) is 0 Å². The van der Waals surface area contributed by atoms with Gasteiger partial charge in [0.25, 0.3) is 0 Å². The van der Waals surface area contributed by atoms with Crippen LogP contribution >= 0.6 is 11.8 Å². The quantitative estimate of drug-likeness (QED) is 0.567. The van der Waals surface area contributed by atoms with Gasteiger partial charge >= 0.3 is 0 Å². The van der Waals surface area contributed by atoms with Crippen molar-refractivity contribution in [1.29, 1.82) is 5.26 Å². The number of rotatable bonds is 11. The molecule has 1 unspecified atom stereocenters. The molecule has 3 heteroatoms. The molecule has 0 aromatic heterocycles. The van der Waals surface area contributed by atoms with Gasteiger partial charge in [0.05, 0.1) is 6.07 Å². The Morgan fingerprint density at radius 3 is 2.28 bits per heavy atom. The summed E-state index contributed by atoms with van der Waals surface area (Å²) in [5.74, 6) is 2.54. The Morgan fingerprint density at radius 1 is 1.17 bits per heavy atom. The zero-order valence-corrected chi connectivity index (χ0v) is 13.4. The molecule has 0 aromatic rings. The highest BCUT2D eigenvalue weighted by Crippen LogP contribution is 2.16. The number of nitrogens with zero attached hydrogens (tertiary/aromatic N) is 1. The van der Waals surface area contributed by atoms with Gasteiger partial charge in [-0.3, -0.25) is 5.32 Å². The van der Waals surface area contributed by atoms with Crippen LogP contribution in [-0.4, -0.2) is 23.1 Å². The topological polar surface area (TPSA) is 35.8 Å². The average molecular weight is 270 g/mol. The van der Waals surface area contributed by atoms with Crippen LogP contribution in [0.25, 0.3) is 0 Å². The van der Waals surface area contributed by atoms with Gasteiger partial charge in [-0.25, -0.2) is 0 Å². The smallest absolute Gasteiger partial charge is 0.104 e. The number of hydrogen-bond acceptors (Lipinski definition) is 3. The molecule has 0 spiro atoms. The first-order valence-corrected chi connectivity index (χ1v) is 8.46. The summed E-state index contributed by atoms with van der Waals surface area (Å²) in [6, 6.07) is 2.78. The number of nitriles is 1. The van der Waals surface area contributed by atoms with Crippen LogP contribution in [0.2, 0.25) is 0 Å². The monoisotopic (exact) mass is 270 g/mol. The zero-order valence-electron chi connectivity index (χ0n) is 12.6. The molecule has 0 saturated carbocycles. The van der Waals surface area contributed by atoms with Crippen molar-refractivity contribution >= 4 is 11.8 Å². The van der Waals surface area contributed by atoms with Crippen LogP contribution < -0.4 is 5.32 Å². The normalized spacial score (nSPS) is 14.4. The Balaban J connectivity index is 3.54. The summed E-state index contributed by atoms with van der Waals surface area (Å²) in [5, 5.41) is 12.6. The summed E-state index contributed by atoms with van der Waals surface area (Å²) in [5.41, 5.74) is -0.346. The maximum atomic E-state index is 9.22. The minimum absolute atomic E-state index is 0.346. The number of nitrogens with one attached hydrogen (secondary N) is 1. The van der Waals surface area contributed by atoms with Gasteiger partial charge < -0.3 is 0 Å². The Morgan fingerprint density at radius 2 is 1.78 bits per heavy atom. The van der Waals surface area contributed by atoms with Crippen LogP contribution in [0.3, 0.4) is 0 Å². The SMILES string of the molecule is CCCCCSCCCCC(C)(C#N)NC(C)C. The van der Waals surface area contributed by atoms with Crippen LogP contribution in [-0.2, 0) is 0 Å². The van der Waals surface area contributed by atoms with Crippen molar-refractivity contribution in [2.24, 2.45) is 0 Å². The molecule has 0 heterocycles. The fourth-order valence-corrected chi connectivity index (χ4v) is 3.06. The third kappa shape index (κ3) is 9.79. The summed E-state index contributed by atoms with van der Waals surface area (Å²) in [4.78, 5) is 0. The highest BCUT2D eigenvalue weighted by atomic mass is 32.2. The number of hydrogen-bond donors (Lipinski definition) is 1. The largest absolute Gasteiger partial charge is 0.297 e. The van der Waals surface area contributed by atoms with Crippen molar-refractivity contribution in [2.45, 2.75) is 77.8 Å². The second kappa shape index (κ2) is 10.7. The Hall–Kier alpha value is -0.200. The Labute approximate surface area is 118 Å². The molecular formula is C15H30N2S. The third-order valence-corrected chi connectivity index (χ3v) is 4.12. The van der Waals surface area contributed by atoms with Gasteiger partial charge in [-0.1, -0.05) is 19.8 Å². The first-order chi connectivity index (χ1) is 8.54. The summed E-state index contributed by atoms with van der Waals surface area (Å²) in [6.07, 6.45) is 7.35. The van der Waals surface area contributed by atoms with Gasteiger partial charge in [0.2, 0.25) is 0 Å². The van der Waals surface area contributed by atoms with Crippen molar-refractivity contribution in [3.63, 3.8) is 0 Å². The molecule has 106 valence electrons. The van der Waals surface area contributed by atoms with E-state index in [9.17, 15) is 5.26 Å². The van der Waals surface area contributed by atoms with Crippen LogP contribution in [0.15, 0.2) is 0 Å². The van der Waals surface area contributed by atoms with Crippen molar-refractivity contribution in [3.05, 3.63) is 0 Å². The van der Waals surface area contributed by atoms with Crippen LogP contribution in [0.4, 0.5) is 0 Å². The molecule has 2 nitrogen and oxygen atoms in total. The summed E-state index contributed by atoms with van der Waals surface area (Å²) in [6.45, 7) is 8.45. The van der Waals surface area contributed by atoms with Gasteiger partial charge in [0.1, 0.15) is 5.54 Å². The van der Waals surface area contributed by atoms with Crippen molar-refractivity contribution < 1.29 is 0 Å². The lowest BCUT2D eigenvalue weighted by Crippen LogP contribution is -2.44. The van der Waals surface area contributed by atoms with E-state index in [0.29, 0.717) is 6.04 Å². The van der Waals surface area contributed by atoms with E-state index in [0.717, 1.165) is 12.8 Å². The van der Waals surface area contributed by atoms with E-state index in [1.165, 1.54) is 37.2 Å². The molecule has 0 aliphatic carbocycles. The molecule has 0 radical (unpaired) electrons. The molecule has 1 N–H and O–H groups in total. The number of thioether (sulfide) groups is 1. The lowest BCUT2D eigenvalue weighted by atomic mass is 9.96. The van der Waals surface area contributed by atoms with Crippen LogP contribution in [0.5, 0.6) is 0 Å². The van der Waals surface area contributed by atoms with E-state index in [-0.39, 0.29) is 5.54 Å². The molecule has 0 aromatic carbocycles. The molecule has 0 fully saturated rings. The van der Waals surface area contributed by atoms with Gasteiger partial charge in [0, 0.05) is 6.04 Å². The molecule has 0 aliphatic heterocycles. The standard InChI is InChI=1S/C15H30N2S/c1-5-6-8-11-18-12-9-7-10-15(4,13-16)17-14(2)3/h14,17H,5-12H2,1-4H3. The van der Waals surface area contributed by atoms with Crippen LogP contribution in [0.1, 0.15) is 66.2 Å². The van der Waals surface area contributed by atoms with Gasteiger partial charge in [0.15, 0.2) is 0 Å². The van der Waals surface area contributed by atoms with Crippen molar-refractivity contribution in [2.75, 3.05) is 11.5 Å². The average Bonchev–Trinajstić information content (AvgIpc) is 2.32. The fourth-order valence-electron chi connectivity index (χ4n) is 2.04. The summed E-state index contributed by atoms with van der Waals surface area (Å²) < 4.78 is 0. The third-order valence-electron chi connectivity index (χ3n) is 2.96. The van der Waals surface area contributed by atoms with Crippen molar-refractivity contribution in [3.8, 4) is 6.07 Å². The molecule has 0 bridgehead atoms. The van der Waals surface area contributed by atoms with E-state index in [1.807, 2.05) is 6.92 Å². The summed E-state index contributed by atoms with van der Waals surface area (Å²) in [7, 11) is 0. The maximum absolute atomic E-state index is 9.22. The molecule has 0 aliphatic rings. The Bertz CT molecular complexity index is 235. The first-order valence-electron chi connectivity index (χ1n) is 7.30. The van der Waals surface area contributed by atoms with Gasteiger partial charge in [-0.05, 0) is 58.0 Å². The highest BCUT2D eigenvalue weighted by Gasteiger charge is 2.23. The molecule has 0 rings (SSSR count). The predicted octanol–water partition coefficient (Wildman–Crippen LogP) is 4.36. The molecule has 0 saturated heterocycles. The lowest BCUT2D eigenvalue weighted by molar-refractivity contribution is 0.372. The molecule has 0 amide bonds. The zero-order chi connectivity index (χ0) is 13.9.